The maximum absolute atomic E-state index is 13.0. The molecule has 0 heterocycles. The third-order valence-electron chi connectivity index (χ3n) is 3.77. The molecule has 0 bridgehead atoms. The van der Waals surface area contributed by atoms with E-state index in [0.717, 1.165) is 24.3 Å². The van der Waals surface area contributed by atoms with Gasteiger partial charge in [-0.1, -0.05) is 18.2 Å². The summed E-state index contributed by atoms with van der Waals surface area (Å²) < 4.78 is 43.4. The van der Waals surface area contributed by atoms with Crippen LogP contribution in [-0.4, -0.2) is 44.7 Å². The van der Waals surface area contributed by atoms with Crippen LogP contribution >= 0.6 is 0 Å². The van der Waals surface area contributed by atoms with Crippen LogP contribution in [0.2, 0.25) is 0 Å². The van der Waals surface area contributed by atoms with E-state index >= 15 is 0 Å². The molecule has 0 radical (unpaired) electrons. The molecule has 2 aromatic rings. The maximum atomic E-state index is 13.0. The predicted octanol–water partition coefficient (Wildman–Crippen LogP) is 2.53. The van der Waals surface area contributed by atoms with Crippen LogP contribution in [0.5, 0.6) is 5.75 Å². The van der Waals surface area contributed by atoms with Crippen LogP contribution in [-0.2, 0) is 14.6 Å². The summed E-state index contributed by atoms with van der Waals surface area (Å²) in [5.74, 6) is -0.399. The Morgan fingerprint density at radius 3 is 2.32 bits per heavy atom. The molecule has 2 rings (SSSR count). The highest BCUT2D eigenvalue weighted by molar-refractivity contribution is 7.92. The highest BCUT2D eigenvalue weighted by atomic mass is 32.2. The van der Waals surface area contributed by atoms with Gasteiger partial charge in [-0.05, 0) is 43.3 Å². The minimum Gasteiger partial charge on any atom is -0.492 e. The van der Waals surface area contributed by atoms with E-state index in [2.05, 4.69) is 0 Å². The van der Waals surface area contributed by atoms with Crippen molar-refractivity contribution in [3.63, 3.8) is 0 Å². The van der Waals surface area contributed by atoms with Crippen LogP contribution in [0.3, 0.4) is 0 Å². The summed E-state index contributed by atoms with van der Waals surface area (Å²) in [5.41, 5.74) is 0. The molecule has 0 saturated carbocycles. The lowest BCUT2D eigenvalue weighted by atomic mass is 10.3. The van der Waals surface area contributed by atoms with Gasteiger partial charge in [0.2, 0.25) is 5.91 Å². The summed E-state index contributed by atoms with van der Waals surface area (Å²) in [7, 11) is -2.35. The summed E-state index contributed by atoms with van der Waals surface area (Å²) >= 11 is 0. The maximum Gasteiger partial charge on any atom is 0.240 e. The van der Waals surface area contributed by atoms with Crippen LogP contribution in [0, 0.1) is 5.82 Å². The lowest BCUT2D eigenvalue weighted by Gasteiger charge is -2.21. The number of amides is 1. The Hall–Kier alpha value is -2.41. The van der Waals surface area contributed by atoms with E-state index in [-0.39, 0.29) is 18.0 Å². The first-order chi connectivity index (χ1) is 11.8. The number of carbonyl (C=O) groups excluding carboxylic acids is 1. The van der Waals surface area contributed by atoms with E-state index < -0.39 is 26.8 Å². The van der Waals surface area contributed by atoms with E-state index in [1.807, 2.05) is 18.2 Å². The van der Waals surface area contributed by atoms with Crippen molar-refractivity contribution in [3.8, 4) is 5.75 Å². The van der Waals surface area contributed by atoms with Gasteiger partial charge in [-0.3, -0.25) is 4.79 Å². The van der Waals surface area contributed by atoms with Crippen molar-refractivity contribution in [1.29, 1.82) is 0 Å². The second-order valence-electron chi connectivity index (χ2n) is 5.56. The molecular formula is C18H20FNO4S. The number of benzene rings is 2. The predicted molar refractivity (Wildman–Crippen MR) is 92.6 cm³/mol. The summed E-state index contributed by atoms with van der Waals surface area (Å²) in [5, 5.41) is -1.26. The Morgan fingerprint density at radius 1 is 1.12 bits per heavy atom. The summed E-state index contributed by atoms with van der Waals surface area (Å²) in [4.78, 5) is 13.6. The van der Waals surface area contributed by atoms with Crippen molar-refractivity contribution in [1.82, 2.24) is 4.90 Å². The molecule has 25 heavy (non-hydrogen) atoms. The first-order valence-electron chi connectivity index (χ1n) is 7.74. The molecule has 0 fully saturated rings. The van der Waals surface area contributed by atoms with E-state index in [4.69, 9.17) is 4.74 Å². The van der Waals surface area contributed by atoms with Crippen LogP contribution in [0.25, 0.3) is 0 Å². The number of hydrogen-bond acceptors (Lipinski definition) is 4. The molecule has 0 N–H and O–H groups in total. The van der Waals surface area contributed by atoms with E-state index in [1.54, 1.807) is 12.1 Å². The normalized spacial score (nSPS) is 12.4. The fourth-order valence-electron chi connectivity index (χ4n) is 2.20. The van der Waals surface area contributed by atoms with Crippen LogP contribution < -0.4 is 4.74 Å². The molecule has 0 aliphatic rings. The molecule has 1 amide bonds. The Labute approximate surface area is 147 Å². The van der Waals surface area contributed by atoms with Crippen molar-refractivity contribution >= 4 is 15.7 Å². The molecule has 1 unspecified atom stereocenters. The third-order valence-corrected chi connectivity index (χ3v) is 5.83. The minimum atomic E-state index is -3.88. The molecular weight excluding hydrogens is 345 g/mol. The van der Waals surface area contributed by atoms with Gasteiger partial charge >= 0.3 is 0 Å². The fraction of sp³-hybridized carbons (Fsp3) is 0.278. The molecule has 0 saturated heterocycles. The quantitative estimate of drug-likeness (QED) is 0.708. The smallest absolute Gasteiger partial charge is 0.240 e. The number of likely N-dealkylation sites (N-methyl/N-ethyl adjacent to an activating group) is 1. The molecule has 0 aliphatic carbocycles. The zero-order valence-electron chi connectivity index (χ0n) is 14.1. The first-order valence-corrected chi connectivity index (χ1v) is 9.29. The molecule has 0 spiro atoms. The van der Waals surface area contributed by atoms with Crippen molar-refractivity contribution in [2.75, 3.05) is 20.2 Å². The topological polar surface area (TPSA) is 63.7 Å². The van der Waals surface area contributed by atoms with Gasteiger partial charge in [0.05, 0.1) is 11.4 Å². The lowest BCUT2D eigenvalue weighted by molar-refractivity contribution is -0.129. The number of ether oxygens (including phenoxy) is 1. The largest absolute Gasteiger partial charge is 0.492 e. The lowest BCUT2D eigenvalue weighted by Crippen LogP contribution is -2.41. The highest BCUT2D eigenvalue weighted by Gasteiger charge is 2.31. The van der Waals surface area contributed by atoms with E-state index in [9.17, 15) is 17.6 Å². The van der Waals surface area contributed by atoms with Crippen LogP contribution in [0.4, 0.5) is 4.39 Å². The Morgan fingerprint density at radius 2 is 1.72 bits per heavy atom. The van der Waals surface area contributed by atoms with Gasteiger partial charge < -0.3 is 9.64 Å². The van der Waals surface area contributed by atoms with E-state index in [1.165, 1.54) is 18.9 Å². The number of rotatable bonds is 7. The van der Waals surface area contributed by atoms with Crippen molar-refractivity contribution in [3.05, 3.63) is 60.4 Å². The number of carbonyl (C=O) groups is 1. The number of halogens is 1. The molecule has 0 aromatic heterocycles. The number of nitrogens with zero attached hydrogens (tertiary/aromatic N) is 1. The monoisotopic (exact) mass is 365 g/mol. The molecule has 7 heteroatoms. The number of sulfone groups is 1. The van der Waals surface area contributed by atoms with Crippen molar-refractivity contribution < 1.29 is 22.3 Å². The van der Waals surface area contributed by atoms with Gasteiger partial charge in [0.15, 0.2) is 9.84 Å². The van der Waals surface area contributed by atoms with E-state index in [0.29, 0.717) is 5.75 Å². The van der Waals surface area contributed by atoms with Crippen molar-refractivity contribution in [2.24, 2.45) is 0 Å². The zero-order chi connectivity index (χ0) is 18.4. The Kier molecular flexibility index (Phi) is 6.14. The highest BCUT2D eigenvalue weighted by Crippen LogP contribution is 2.18. The average molecular weight is 365 g/mol. The molecule has 1 atom stereocenters. The van der Waals surface area contributed by atoms with Crippen LogP contribution in [0.1, 0.15) is 6.92 Å². The molecule has 134 valence electrons. The van der Waals surface area contributed by atoms with Gasteiger partial charge in [-0.2, -0.15) is 0 Å². The summed E-state index contributed by atoms with van der Waals surface area (Å²) in [6.45, 7) is 1.82. The van der Waals surface area contributed by atoms with Gasteiger partial charge in [-0.25, -0.2) is 12.8 Å². The van der Waals surface area contributed by atoms with Gasteiger partial charge in [0.25, 0.3) is 0 Å². The fourth-order valence-corrected chi connectivity index (χ4v) is 3.57. The van der Waals surface area contributed by atoms with Gasteiger partial charge in [-0.15, -0.1) is 0 Å². The van der Waals surface area contributed by atoms with Crippen LogP contribution in [0.15, 0.2) is 59.5 Å². The average Bonchev–Trinajstić information content (AvgIpc) is 2.61. The first kappa shape index (κ1) is 18.9. The Balaban J connectivity index is 1.97. The number of hydrogen-bond donors (Lipinski definition) is 0. The Bertz CT molecular complexity index is 807. The van der Waals surface area contributed by atoms with Gasteiger partial charge in [0.1, 0.15) is 23.4 Å². The molecule has 5 nitrogen and oxygen atoms in total. The summed E-state index contributed by atoms with van der Waals surface area (Å²) in [6, 6.07) is 13.6. The molecule has 2 aromatic carbocycles. The SMILES string of the molecule is CC(C(=O)N(C)CCOc1ccccc1)S(=O)(=O)c1ccc(F)cc1. The second kappa shape index (κ2) is 8.11. The van der Waals surface area contributed by atoms with Gasteiger partial charge in [0, 0.05) is 7.05 Å². The molecule has 0 aliphatic heterocycles. The minimum absolute atomic E-state index is 0.0799. The second-order valence-corrected chi connectivity index (χ2v) is 7.83. The third kappa shape index (κ3) is 4.79. The summed E-state index contributed by atoms with van der Waals surface area (Å²) in [6.07, 6.45) is 0. The number of para-hydroxylation sites is 1. The zero-order valence-corrected chi connectivity index (χ0v) is 14.9. The standard InChI is InChI=1S/C18H20FNO4S/c1-14(25(22,23)17-10-8-15(19)9-11-17)18(21)20(2)12-13-24-16-6-4-3-5-7-16/h3-11,14H,12-13H2,1-2H3. The van der Waals surface area contributed by atoms with Crippen molar-refractivity contribution in [2.45, 2.75) is 17.1 Å².